The molecule has 1 unspecified atom stereocenters. The number of unbranched alkanes of at least 4 members (excludes halogenated alkanes) is 1. The molecule has 71 valence electrons. The van der Waals surface area contributed by atoms with Crippen LogP contribution in [0, 0.1) is 6.07 Å². The first-order valence-electron chi connectivity index (χ1n) is 5.21. The van der Waals surface area contributed by atoms with Crippen molar-refractivity contribution in [1.82, 2.24) is 4.98 Å². The zero-order valence-corrected chi connectivity index (χ0v) is 8.59. The molecule has 1 atom stereocenters. The summed E-state index contributed by atoms with van der Waals surface area (Å²) in [5.74, 6) is 0.612. The third-order valence-electron chi connectivity index (χ3n) is 2.41. The quantitative estimate of drug-likeness (QED) is 0.668. The zero-order valence-electron chi connectivity index (χ0n) is 8.59. The second-order valence-corrected chi connectivity index (χ2v) is 3.41. The number of rotatable bonds is 5. The average molecular weight is 176 g/mol. The number of nitrogens with zero attached hydrogens (tertiary/aromatic N) is 1. The molecule has 0 saturated heterocycles. The van der Waals surface area contributed by atoms with E-state index in [1.54, 1.807) is 0 Å². The molecule has 1 aromatic rings. The van der Waals surface area contributed by atoms with Crippen LogP contribution in [-0.4, -0.2) is 4.98 Å². The Morgan fingerprint density at radius 1 is 1.46 bits per heavy atom. The molecule has 0 N–H and O–H groups in total. The fraction of sp³-hybridized carbons (Fsp3) is 0.583. The summed E-state index contributed by atoms with van der Waals surface area (Å²) in [5.41, 5.74) is 1.14. The number of aromatic nitrogens is 1. The molecule has 1 rings (SSSR count). The van der Waals surface area contributed by atoms with E-state index in [0.29, 0.717) is 5.92 Å². The summed E-state index contributed by atoms with van der Waals surface area (Å²) in [6.45, 7) is 4.46. The average Bonchev–Trinajstić information content (AvgIpc) is 2.21. The van der Waals surface area contributed by atoms with Crippen molar-refractivity contribution >= 4 is 0 Å². The van der Waals surface area contributed by atoms with Gasteiger partial charge in [-0.25, -0.2) is 0 Å². The van der Waals surface area contributed by atoms with Crippen molar-refractivity contribution in [1.29, 1.82) is 0 Å². The number of hydrogen-bond donors (Lipinski definition) is 0. The minimum atomic E-state index is 0.612. The monoisotopic (exact) mass is 176 g/mol. The van der Waals surface area contributed by atoms with E-state index >= 15 is 0 Å². The highest BCUT2D eigenvalue weighted by molar-refractivity contribution is 5.07. The van der Waals surface area contributed by atoms with E-state index in [0.717, 1.165) is 5.69 Å². The van der Waals surface area contributed by atoms with Gasteiger partial charge in [-0.1, -0.05) is 32.8 Å². The Morgan fingerprint density at radius 3 is 2.85 bits per heavy atom. The molecule has 1 heteroatoms. The zero-order chi connectivity index (χ0) is 9.52. The van der Waals surface area contributed by atoms with Crippen molar-refractivity contribution in [2.75, 3.05) is 0 Å². The van der Waals surface area contributed by atoms with Crippen LogP contribution in [-0.2, 0) is 0 Å². The first-order chi connectivity index (χ1) is 6.38. The van der Waals surface area contributed by atoms with Crippen molar-refractivity contribution in [3.8, 4) is 0 Å². The Kier molecular flexibility index (Phi) is 4.52. The first kappa shape index (κ1) is 10.2. The topological polar surface area (TPSA) is 12.9 Å². The van der Waals surface area contributed by atoms with Gasteiger partial charge in [0.05, 0.1) is 5.69 Å². The molecule has 0 amide bonds. The molecule has 0 aromatic carbocycles. The summed E-state index contributed by atoms with van der Waals surface area (Å²) in [5, 5.41) is 0. The van der Waals surface area contributed by atoms with Crippen LogP contribution in [0.2, 0.25) is 0 Å². The largest absolute Gasteiger partial charge is 0.260 e. The van der Waals surface area contributed by atoms with Gasteiger partial charge in [0.1, 0.15) is 0 Å². The molecule has 1 nitrogen and oxygen atoms in total. The Labute approximate surface area is 81.2 Å². The number of pyridine rings is 1. The van der Waals surface area contributed by atoms with Gasteiger partial charge >= 0.3 is 0 Å². The van der Waals surface area contributed by atoms with Gasteiger partial charge in [-0.2, -0.15) is 0 Å². The predicted molar refractivity (Wildman–Crippen MR) is 55.6 cm³/mol. The van der Waals surface area contributed by atoms with Crippen molar-refractivity contribution in [2.24, 2.45) is 0 Å². The fourth-order valence-electron chi connectivity index (χ4n) is 1.55. The van der Waals surface area contributed by atoms with Crippen LogP contribution in [0.5, 0.6) is 0 Å². The Hall–Kier alpha value is -0.850. The van der Waals surface area contributed by atoms with E-state index in [2.05, 4.69) is 24.9 Å². The minimum Gasteiger partial charge on any atom is -0.260 e. The maximum absolute atomic E-state index is 4.35. The molecular weight excluding hydrogens is 158 g/mol. The molecule has 0 aliphatic carbocycles. The van der Waals surface area contributed by atoms with E-state index in [1.165, 1.54) is 25.7 Å². The van der Waals surface area contributed by atoms with Crippen LogP contribution in [0.3, 0.4) is 0 Å². The highest BCUT2D eigenvalue weighted by atomic mass is 14.7. The van der Waals surface area contributed by atoms with Crippen molar-refractivity contribution in [3.63, 3.8) is 0 Å². The molecule has 1 radical (unpaired) electrons. The highest BCUT2D eigenvalue weighted by Gasteiger charge is 2.08. The minimum absolute atomic E-state index is 0.612. The van der Waals surface area contributed by atoms with Crippen LogP contribution < -0.4 is 0 Å². The summed E-state index contributed by atoms with van der Waals surface area (Å²) in [6.07, 6.45) is 6.85. The summed E-state index contributed by atoms with van der Waals surface area (Å²) in [6, 6.07) is 7.10. The van der Waals surface area contributed by atoms with Gasteiger partial charge in [0, 0.05) is 18.2 Å². The maximum Gasteiger partial charge on any atom is 0.0513 e. The molecule has 13 heavy (non-hydrogen) atoms. The Morgan fingerprint density at radius 2 is 2.31 bits per heavy atom. The van der Waals surface area contributed by atoms with Crippen LogP contribution in [0.1, 0.15) is 51.1 Å². The Balaban J connectivity index is 2.56. The molecule has 0 fully saturated rings. The summed E-state index contributed by atoms with van der Waals surface area (Å²) in [7, 11) is 0. The SMILES string of the molecule is CCCCC(CC)c1[c]cccn1. The standard InChI is InChI=1S/C12H18N/c1-3-5-8-11(4-2)12-9-6-7-10-13-12/h6-7,10-11H,3-5,8H2,1-2H3. The molecule has 1 aromatic heterocycles. The first-order valence-corrected chi connectivity index (χ1v) is 5.21. The molecule has 0 spiro atoms. The van der Waals surface area contributed by atoms with Crippen LogP contribution in [0.25, 0.3) is 0 Å². The summed E-state index contributed by atoms with van der Waals surface area (Å²) >= 11 is 0. The molecule has 0 aliphatic heterocycles. The van der Waals surface area contributed by atoms with E-state index in [9.17, 15) is 0 Å². The van der Waals surface area contributed by atoms with E-state index < -0.39 is 0 Å². The molecule has 0 saturated carbocycles. The summed E-state index contributed by atoms with van der Waals surface area (Å²) in [4.78, 5) is 4.35. The number of hydrogen-bond acceptors (Lipinski definition) is 1. The van der Waals surface area contributed by atoms with E-state index in [4.69, 9.17) is 0 Å². The molecular formula is C12H18N. The molecule has 1 heterocycles. The molecule has 0 aliphatic rings. The normalized spacial score (nSPS) is 12.8. The van der Waals surface area contributed by atoms with Gasteiger partial charge < -0.3 is 0 Å². The third-order valence-corrected chi connectivity index (χ3v) is 2.41. The second kappa shape index (κ2) is 5.74. The van der Waals surface area contributed by atoms with Gasteiger partial charge in [-0.15, -0.1) is 0 Å². The Bertz CT molecular complexity index is 218. The van der Waals surface area contributed by atoms with Gasteiger partial charge in [0.25, 0.3) is 0 Å². The fourth-order valence-corrected chi connectivity index (χ4v) is 1.55. The predicted octanol–water partition coefficient (Wildman–Crippen LogP) is 3.57. The lowest BCUT2D eigenvalue weighted by Gasteiger charge is -2.12. The van der Waals surface area contributed by atoms with Crippen molar-refractivity contribution in [2.45, 2.75) is 45.4 Å². The van der Waals surface area contributed by atoms with Gasteiger partial charge in [0.2, 0.25) is 0 Å². The van der Waals surface area contributed by atoms with Crippen LogP contribution >= 0.6 is 0 Å². The lowest BCUT2D eigenvalue weighted by atomic mass is 9.95. The second-order valence-electron chi connectivity index (χ2n) is 3.41. The van der Waals surface area contributed by atoms with Crippen molar-refractivity contribution < 1.29 is 0 Å². The van der Waals surface area contributed by atoms with Crippen LogP contribution in [0.4, 0.5) is 0 Å². The lowest BCUT2D eigenvalue weighted by Crippen LogP contribution is -1.99. The summed E-state index contributed by atoms with van der Waals surface area (Å²) < 4.78 is 0. The molecule has 0 bridgehead atoms. The van der Waals surface area contributed by atoms with Crippen molar-refractivity contribution in [3.05, 3.63) is 30.1 Å². The van der Waals surface area contributed by atoms with E-state index in [1.807, 2.05) is 18.3 Å². The smallest absolute Gasteiger partial charge is 0.0513 e. The van der Waals surface area contributed by atoms with Gasteiger partial charge in [-0.05, 0) is 18.9 Å². The lowest BCUT2D eigenvalue weighted by molar-refractivity contribution is 0.557. The van der Waals surface area contributed by atoms with Crippen LogP contribution in [0.15, 0.2) is 18.3 Å². The van der Waals surface area contributed by atoms with Gasteiger partial charge in [0.15, 0.2) is 0 Å². The maximum atomic E-state index is 4.35. The third kappa shape index (κ3) is 3.17. The van der Waals surface area contributed by atoms with E-state index in [-0.39, 0.29) is 0 Å². The van der Waals surface area contributed by atoms with Gasteiger partial charge in [-0.3, -0.25) is 4.98 Å². The highest BCUT2D eigenvalue weighted by Crippen LogP contribution is 2.22.